The van der Waals surface area contributed by atoms with E-state index in [0.29, 0.717) is 16.8 Å². The minimum Gasteiger partial charge on any atom is -0.434 e. The molecule has 2 amide bonds. The second kappa shape index (κ2) is 8.94. The lowest BCUT2D eigenvalue weighted by Crippen LogP contribution is -2.23. The van der Waals surface area contributed by atoms with Crippen molar-refractivity contribution in [1.82, 2.24) is 5.32 Å². The molecule has 0 aliphatic heterocycles. The average molecular weight is 362 g/mol. The summed E-state index contributed by atoms with van der Waals surface area (Å²) >= 11 is 0. The topological polar surface area (TPSA) is 67.4 Å². The zero-order valence-corrected chi connectivity index (χ0v) is 14.5. The number of ether oxygens (including phenoxy) is 1. The summed E-state index contributed by atoms with van der Waals surface area (Å²) in [4.78, 5) is 23.8. The van der Waals surface area contributed by atoms with E-state index in [4.69, 9.17) is 0 Å². The first-order valence-electron chi connectivity index (χ1n) is 8.08. The van der Waals surface area contributed by atoms with Gasteiger partial charge in [-0.1, -0.05) is 32.0 Å². The molecule has 0 saturated heterocycles. The normalized spacial score (nSPS) is 10.7. The predicted octanol–water partition coefficient (Wildman–Crippen LogP) is 3.81. The fourth-order valence-electron chi connectivity index (χ4n) is 2.13. The number of amides is 2. The maximum Gasteiger partial charge on any atom is 0.387 e. The van der Waals surface area contributed by atoms with Gasteiger partial charge in [-0.05, 0) is 30.3 Å². The van der Waals surface area contributed by atoms with E-state index in [0.717, 1.165) is 0 Å². The monoisotopic (exact) mass is 362 g/mol. The van der Waals surface area contributed by atoms with Crippen molar-refractivity contribution >= 4 is 17.5 Å². The molecule has 0 fully saturated rings. The number of carbonyl (C=O) groups is 2. The van der Waals surface area contributed by atoms with Crippen molar-refractivity contribution < 1.29 is 23.1 Å². The van der Waals surface area contributed by atoms with E-state index in [1.165, 1.54) is 6.07 Å². The molecule has 0 aliphatic carbocycles. The van der Waals surface area contributed by atoms with Crippen molar-refractivity contribution in [2.45, 2.75) is 27.0 Å². The van der Waals surface area contributed by atoms with E-state index in [2.05, 4.69) is 15.4 Å². The van der Waals surface area contributed by atoms with Gasteiger partial charge in [0.2, 0.25) is 5.91 Å². The number of hydrogen-bond acceptors (Lipinski definition) is 3. The quantitative estimate of drug-likeness (QED) is 0.787. The zero-order valence-electron chi connectivity index (χ0n) is 14.5. The van der Waals surface area contributed by atoms with Crippen molar-refractivity contribution in [3.63, 3.8) is 0 Å². The molecule has 0 unspecified atom stereocenters. The van der Waals surface area contributed by atoms with Gasteiger partial charge in [0, 0.05) is 29.3 Å². The molecule has 0 heterocycles. The fraction of sp³-hybridized carbons (Fsp3) is 0.263. The summed E-state index contributed by atoms with van der Waals surface area (Å²) in [5.41, 5.74) is 1.43. The minimum atomic E-state index is -2.93. The average Bonchev–Trinajstić information content (AvgIpc) is 2.60. The molecule has 2 N–H and O–H groups in total. The largest absolute Gasteiger partial charge is 0.434 e. The summed E-state index contributed by atoms with van der Waals surface area (Å²) < 4.78 is 29.2. The van der Waals surface area contributed by atoms with Crippen LogP contribution < -0.4 is 15.4 Å². The second-order valence-corrected chi connectivity index (χ2v) is 5.89. The zero-order chi connectivity index (χ0) is 19.1. The third-order valence-electron chi connectivity index (χ3n) is 3.57. The maximum absolute atomic E-state index is 12.4. The van der Waals surface area contributed by atoms with Gasteiger partial charge in [-0.3, -0.25) is 9.59 Å². The Morgan fingerprint density at radius 2 is 1.69 bits per heavy atom. The minimum absolute atomic E-state index is 0.0227. The molecule has 26 heavy (non-hydrogen) atoms. The van der Waals surface area contributed by atoms with Crippen LogP contribution in [0, 0.1) is 5.92 Å². The molecule has 0 bridgehead atoms. The van der Waals surface area contributed by atoms with Crippen molar-refractivity contribution in [3.8, 4) is 5.75 Å². The summed E-state index contributed by atoms with van der Waals surface area (Å²) in [5.74, 6) is -0.598. The van der Waals surface area contributed by atoms with Gasteiger partial charge in [0.15, 0.2) is 0 Å². The first kappa shape index (κ1) is 19.4. The van der Waals surface area contributed by atoms with Gasteiger partial charge in [0.1, 0.15) is 5.75 Å². The lowest BCUT2D eigenvalue weighted by molar-refractivity contribution is -0.118. The number of halogens is 2. The molecule has 7 heteroatoms. The number of carbonyl (C=O) groups excluding carboxylic acids is 2. The predicted molar refractivity (Wildman–Crippen MR) is 94.2 cm³/mol. The summed E-state index contributed by atoms with van der Waals surface area (Å²) in [5, 5.41) is 5.39. The lowest BCUT2D eigenvalue weighted by Gasteiger charge is -2.12. The van der Waals surface area contributed by atoms with Gasteiger partial charge in [-0.25, -0.2) is 0 Å². The van der Waals surface area contributed by atoms with E-state index >= 15 is 0 Å². The molecule has 0 aromatic heterocycles. The SMILES string of the molecule is CC(C)C(=O)Nc1ccc(C(=O)NCc2ccccc2OC(F)F)cc1. The molecule has 138 valence electrons. The standard InChI is InChI=1S/C19H20F2N2O3/c1-12(2)17(24)23-15-9-7-13(8-10-15)18(25)22-11-14-5-3-4-6-16(14)26-19(20)21/h3-10,12,19H,11H2,1-2H3,(H,22,25)(H,23,24). The molecular formula is C19H20F2N2O3. The Bertz CT molecular complexity index is 762. The number of nitrogens with one attached hydrogen (secondary N) is 2. The highest BCUT2D eigenvalue weighted by molar-refractivity contribution is 5.96. The van der Waals surface area contributed by atoms with Crippen LogP contribution in [0.1, 0.15) is 29.8 Å². The van der Waals surface area contributed by atoms with Crippen LogP contribution in [-0.2, 0) is 11.3 Å². The van der Waals surface area contributed by atoms with E-state index in [-0.39, 0.29) is 30.0 Å². The Hall–Kier alpha value is -2.96. The Morgan fingerprint density at radius 3 is 2.31 bits per heavy atom. The third kappa shape index (κ3) is 5.54. The number of alkyl halides is 2. The smallest absolute Gasteiger partial charge is 0.387 e. The highest BCUT2D eigenvalue weighted by Crippen LogP contribution is 2.20. The van der Waals surface area contributed by atoms with Gasteiger partial charge < -0.3 is 15.4 Å². The van der Waals surface area contributed by atoms with Crippen molar-refractivity contribution in [2.75, 3.05) is 5.32 Å². The molecule has 2 aromatic rings. The van der Waals surface area contributed by atoms with Crippen LogP contribution in [0.4, 0.5) is 14.5 Å². The molecule has 2 aromatic carbocycles. The molecule has 0 radical (unpaired) electrons. The van der Waals surface area contributed by atoms with Crippen LogP contribution in [0.15, 0.2) is 48.5 Å². The Balaban J connectivity index is 1.97. The summed E-state index contributed by atoms with van der Waals surface area (Å²) in [7, 11) is 0. The van der Waals surface area contributed by atoms with Crippen LogP contribution in [0.25, 0.3) is 0 Å². The number of para-hydroxylation sites is 1. The first-order chi connectivity index (χ1) is 12.4. The number of rotatable bonds is 7. The Kier molecular flexibility index (Phi) is 6.66. The van der Waals surface area contributed by atoms with E-state index in [1.54, 1.807) is 56.3 Å². The third-order valence-corrected chi connectivity index (χ3v) is 3.57. The van der Waals surface area contributed by atoms with Gasteiger partial charge in [0.25, 0.3) is 5.91 Å². The number of benzene rings is 2. The Morgan fingerprint density at radius 1 is 1.04 bits per heavy atom. The fourth-order valence-corrected chi connectivity index (χ4v) is 2.13. The highest BCUT2D eigenvalue weighted by Gasteiger charge is 2.12. The number of anilines is 1. The summed E-state index contributed by atoms with van der Waals surface area (Å²) in [6.45, 7) is 0.688. The van der Waals surface area contributed by atoms with Crippen LogP contribution in [0.3, 0.4) is 0 Å². The van der Waals surface area contributed by atoms with E-state index in [1.807, 2.05) is 0 Å². The van der Waals surface area contributed by atoms with E-state index < -0.39 is 6.61 Å². The van der Waals surface area contributed by atoms with Crippen LogP contribution in [-0.4, -0.2) is 18.4 Å². The molecule has 0 atom stereocenters. The highest BCUT2D eigenvalue weighted by atomic mass is 19.3. The molecule has 0 saturated carbocycles. The summed E-state index contributed by atoms with van der Waals surface area (Å²) in [6.07, 6.45) is 0. The Labute approximate surface area is 150 Å². The molecule has 2 rings (SSSR count). The van der Waals surface area contributed by atoms with Crippen molar-refractivity contribution in [2.24, 2.45) is 5.92 Å². The van der Waals surface area contributed by atoms with Gasteiger partial charge in [-0.15, -0.1) is 0 Å². The van der Waals surface area contributed by atoms with Crippen molar-refractivity contribution in [1.29, 1.82) is 0 Å². The van der Waals surface area contributed by atoms with Crippen LogP contribution >= 0.6 is 0 Å². The summed E-state index contributed by atoms with van der Waals surface area (Å²) in [6, 6.07) is 12.7. The molecular weight excluding hydrogens is 342 g/mol. The maximum atomic E-state index is 12.4. The second-order valence-electron chi connectivity index (χ2n) is 5.89. The van der Waals surface area contributed by atoms with E-state index in [9.17, 15) is 18.4 Å². The van der Waals surface area contributed by atoms with Crippen molar-refractivity contribution in [3.05, 3.63) is 59.7 Å². The van der Waals surface area contributed by atoms with Crippen LogP contribution in [0.2, 0.25) is 0 Å². The first-order valence-corrected chi connectivity index (χ1v) is 8.08. The van der Waals surface area contributed by atoms with Gasteiger partial charge in [-0.2, -0.15) is 8.78 Å². The van der Waals surface area contributed by atoms with Gasteiger partial charge >= 0.3 is 6.61 Å². The number of hydrogen-bond donors (Lipinski definition) is 2. The molecule has 0 aliphatic rings. The lowest BCUT2D eigenvalue weighted by atomic mass is 10.1. The van der Waals surface area contributed by atoms with Gasteiger partial charge in [0.05, 0.1) is 0 Å². The molecule has 0 spiro atoms. The van der Waals surface area contributed by atoms with Crippen LogP contribution in [0.5, 0.6) is 5.75 Å². The molecule has 5 nitrogen and oxygen atoms in total.